The van der Waals surface area contributed by atoms with Gasteiger partial charge >= 0.3 is 0 Å². The van der Waals surface area contributed by atoms with E-state index in [1.807, 2.05) is 6.07 Å². The van der Waals surface area contributed by atoms with Crippen molar-refractivity contribution < 1.29 is 4.90 Å². The summed E-state index contributed by atoms with van der Waals surface area (Å²) >= 11 is 0. The van der Waals surface area contributed by atoms with Crippen molar-refractivity contribution in [3.8, 4) is 0 Å². The van der Waals surface area contributed by atoms with Crippen LogP contribution in [0.2, 0.25) is 0 Å². The van der Waals surface area contributed by atoms with E-state index in [1.165, 1.54) is 16.7 Å². The lowest BCUT2D eigenvalue weighted by Gasteiger charge is -2.11. The van der Waals surface area contributed by atoms with Crippen LogP contribution in [-0.4, -0.2) is 0 Å². The molecule has 0 fully saturated rings. The van der Waals surface area contributed by atoms with Gasteiger partial charge in [-0.1, -0.05) is 36.4 Å². The first-order chi connectivity index (χ1) is 8.31. The number of nitrogens with one attached hydrogen (secondary N) is 1. The molecule has 0 bridgehead atoms. The van der Waals surface area contributed by atoms with E-state index >= 15 is 0 Å². The fraction of sp³-hybridized carbons (Fsp3) is 0.200. The van der Waals surface area contributed by atoms with Crippen molar-refractivity contribution in [2.45, 2.75) is 19.6 Å². The highest BCUT2D eigenvalue weighted by molar-refractivity contribution is 5.45. The van der Waals surface area contributed by atoms with Crippen LogP contribution in [0.5, 0.6) is 0 Å². The van der Waals surface area contributed by atoms with E-state index < -0.39 is 0 Å². The van der Waals surface area contributed by atoms with Crippen molar-refractivity contribution >= 4 is 5.69 Å². The molecule has 86 valence electrons. The smallest absolute Gasteiger partial charge is 0.104 e. The Morgan fingerprint density at radius 3 is 2.53 bits per heavy atom. The Morgan fingerprint density at radius 2 is 1.71 bits per heavy atom. The molecule has 1 unspecified atom stereocenters. The number of hydrogen-bond donors (Lipinski definition) is 2. The van der Waals surface area contributed by atoms with E-state index in [-0.39, 0.29) is 0 Å². The first-order valence-electron chi connectivity index (χ1n) is 6.06. The van der Waals surface area contributed by atoms with Gasteiger partial charge in [-0.2, -0.15) is 0 Å². The van der Waals surface area contributed by atoms with E-state index in [9.17, 15) is 0 Å². The van der Waals surface area contributed by atoms with Gasteiger partial charge in [0.15, 0.2) is 0 Å². The van der Waals surface area contributed by atoms with Crippen LogP contribution < -0.4 is 10.6 Å². The minimum atomic E-state index is 0.879. The van der Waals surface area contributed by atoms with E-state index in [2.05, 4.69) is 42.5 Å². The van der Waals surface area contributed by atoms with Gasteiger partial charge in [0.2, 0.25) is 0 Å². The summed E-state index contributed by atoms with van der Waals surface area (Å²) in [6.07, 6.45) is 0. The number of quaternary nitrogens is 1. The van der Waals surface area contributed by atoms with Crippen molar-refractivity contribution in [2.75, 3.05) is 5.73 Å². The summed E-state index contributed by atoms with van der Waals surface area (Å²) in [6, 6.07) is 17.0. The topological polar surface area (TPSA) is 30.5 Å². The third-order valence-electron chi connectivity index (χ3n) is 3.41. The normalized spacial score (nSPS) is 18.0. The monoisotopic (exact) mass is 225 g/mol. The van der Waals surface area contributed by atoms with Crippen LogP contribution in [-0.2, 0) is 19.6 Å². The second-order valence-electron chi connectivity index (χ2n) is 4.79. The molecule has 3 N–H and O–H groups in total. The van der Waals surface area contributed by atoms with Crippen molar-refractivity contribution in [1.29, 1.82) is 0 Å². The molecule has 0 aliphatic carbocycles. The molecule has 1 aliphatic heterocycles. The molecule has 2 heteroatoms. The van der Waals surface area contributed by atoms with Crippen molar-refractivity contribution in [2.24, 2.45) is 0 Å². The summed E-state index contributed by atoms with van der Waals surface area (Å²) in [7, 11) is 0. The number of fused-ring (bicyclic) bond motifs is 1. The largest absolute Gasteiger partial charge is 0.399 e. The molecule has 2 nitrogen and oxygen atoms in total. The number of hydrogen-bond acceptors (Lipinski definition) is 1. The zero-order valence-electron chi connectivity index (χ0n) is 9.82. The molecule has 1 atom stereocenters. The Bertz CT molecular complexity index is 520. The number of nitrogen functional groups attached to an aromatic ring is 1. The predicted molar refractivity (Wildman–Crippen MR) is 69.4 cm³/mol. The average Bonchev–Trinajstić information content (AvgIpc) is 2.71. The van der Waals surface area contributed by atoms with Crippen LogP contribution in [0.3, 0.4) is 0 Å². The second kappa shape index (κ2) is 4.22. The first-order valence-corrected chi connectivity index (χ1v) is 6.06. The van der Waals surface area contributed by atoms with Crippen molar-refractivity contribution in [3.63, 3.8) is 0 Å². The van der Waals surface area contributed by atoms with E-state index in [1.54, 1.807) is 4.90 Å². The fourth-order valence-electron chi connectivity index (χ4n) is 2.59. The molecule has 0 aromatic heterocycles. The molecular weight excluding hydrogens is 208 g/mol. The molecule has 2 aromatic rings. The predicted octanol–water partition coefficient (Wildman–Crippen LogP) is 1.37. The molecule has 0 radical (unpaired) electrons. The van der Waals surface area contributed by atoms with Crippen LogP contribution in [0, 0.1) is 0 Å². The molecule has 2 aromatic carbocycles. The zero-order valence-corrected chi connectivity index (χ0v) is 9.82. The van der Waals surface area contributed by atoms with E-state index in [0.717, 1.165) is 25.3 Å². The van der Waals surface area contributed by atoms with Gasteiger partial charge in [-0.3, -0.25) is 0 Å². The molecule has 3 rings (SSSR count). The molecule has 0 spiro atoms. The number of nitrogens with two attached hydrogens (primary N) is 1. The molecule has 1 aliphatic rings. The van der Waals surface area contributed by atoms with Gasteiger partial charge in [-0.15, -0.1) is 0 Å². The molecule has 0 saturated carbocycles. The van der Waals surface area contributed by atoms with Gasteiger partial charge in [-0.05, 0) is 12.1 Å². The number of anilines is 1. The Kier molecular flexibility index (Phi) is 2.57. The Balaban J connectivity index is 1.74. The second-order valence-corrected chi connectivity index (χ2v) is 4.79. The molecular formula is C15H17N2+. The minimum absolute atomic E-state index is 0.879. The Morgan fingerprint density at radius 1 is 0.941 bits per heavy atom. The van der Waals surface area contributed by atoms with Gasteiger partial charge in [0.1, 0.15) is 19.6 Å². The third-order valence-corrected chi connectivity index (χ3v) is 3.41. The molecule has 0 amide bonds. The quantitative estimate of drug-likeness (QED) is 0.743. The maximum absolute atomic E-state index is 5.82. The summed E-state index contributed by atoms with van der Waals surface area (Å²) < 4.78 is 0. The number of benzene rings is 2. The van der Waals surface area contributed by atoms with Crippen LogP contribution in [0.15, 0.2) is 48.5 Å². The maximum Gasteiger partial charge on any atom is 0.104 e. The van der Waals surface area contributed by atoms with Crippen LogP contribution in [0.4, 0.5) is 5.69 Å². The van der Waals surface area contributed by atoms with Gasteiger partial charge in [-0.25, -0.2) is 0 Å². The van der Waals surface area contributed by atoms with Crippen LogP contribution in [0.25, 0.3) is 0 Å². The van der Waals surface area contributed by atoms with E-state index in [0.29, 0.717) is 0 Å². The summed E-state index contributed by atoms with van der Waals surface area (Å²) in [5.74, 6) is 0. The van der Waals surface area contributed by atoms with Crippen molar-refractivity contribution in [3.05, 3.63) is 65.2 Å². The number of rotatable bonds is 2. The first kappa shape index (κ1) is 10.4. The lowest BCUT2D eigenvalue weighted by atomic mass is 10.1. The molecule has 1 heterocycles. The van der Waals surface area contributed by atoms with Crippen LogP contribution >= 0.6 is 0 Å². The molecule has 0 saturated heterocycles. The van der Waals surface area contributed by atoms with E-state index in [4.69, 9.17) is 5.73 Å². The minimum Gasteiger partial charge on any atom is -0.399 e. The lowest BCUT2D eigenvalue weighted by molar-refractivity contribution is -0.934. The van der Waals surface area contributed by atoms with Crippen LogP contribution in [0.1, 0.15) is 16.7 Å². The highest BCUT2D eigenvalue weighted by Crippen LogP contribution is 2.16. The Labute approximate surface area is 102 Å². The lowest BCUT2D eigenvalue weighted by Crippen LogP contribution is -3.06. The highest BCUT2D eigenvalue weighted by Gasteiger charge is 2.22. The third kappa shape index (κ3) is 2.17. The highest BCUT2D eigenvalue weighted by atomic mass is 15.1. The zero-order chi connectivity index (χ0) is 11.7. The van der Waals surface area contributed by atoms with Gasteiger partial charge in [0.05, 0.1) is 0 Å². The Hall–Kier alpha value is -1.80. The average molecular weight is 225 g/mol. The van der Waals surface area contributed by atoms with Gasteiger partial charge < -0.3 is 10.6 Å². The fourth-order valence-corrected chi connectivity index (χ4v) is 2.59. The van der Waals surface area contributed by atoms with Gasteiger partial charge in [0.25, 0.3) is 0 Å². The summed E-state index contributed by atoms with van der Waals surface area (Å²) in [5, 5.41) is 0. The summed E-state index contributed by atoms with van der Waals surface area (Å²) in [4.78, 5) is 1.59. The summed E-state index contributed by atoms with van der Waals surface area (Å²) in [5.41, 5.74) is 11.0. The maximum atomic E-state index is 5.82. The van der Waals surface area contributed by atoms with Gasteiger partial charge in [0, 0.05) is 22.4 Å². The van der Waals surface area contributed by atoms with Crippen molar-refractivity contribution in [1.82, 2.24) is 0 Å². The standard InChI is InChI=1S/C15H16N2/c16-15-7-6-13-10-17(11-14(13)8-15)9-12-4-2-1-3-5-12/h1-8H,9-11,16H2/p+1. The summed E-state index contributed by atoms with van der Waals surface area (Å²) in [6.45, 7) is 3.30. The SMILES string of the molecule is Nc1ccc2c(c1)C[NH+](Cc1ccccc1)C2. The molecule has 17 heavy (non-hydrogen) atoms.